The highest BCUT2D eigenvalue weighted by molar-refractivity contribution is 6.08. The van der Waals surface area contributed by atoms with Crippen molar-refractivity contribution in [2.45, 2.75) is 19.4 Å². The summed E-state index contributed by atoms with van der Waals surface area (Å²) in [5, 5.41) is 15.3. The number of nitro groups is 1. The number of nitro benzene ring substituents is 1. The van der Waals surface area contributed by atoms with Gasteiger partial charge in [-0.15, -0.1) is 0 Å². The molecule has 29 heavy (non-hydrogen) atoms. The average Bonchev–Trinajstić information content (AvgIpc) is 2.73. The third-order valence-electron chi connectivity index (χ3n) is 4.50. The minimum absolute atomic E-state index is 0.0405. The van der Waals surface area contributed by atoms with Crippen molar-refractivity contribution in [2.24, 2.45) is 0 Å². The molecule has 3 aromatic rings. The van der Waals surface area contributed by atoms with Gasteiger partial charge in [0.05, 0.1) is 11.5 Å². The SMILES string of the molecule is CCOC(=O)C(Cc1ccc([N+](=O)[O-])cc1)NC(=O)c1cccc2ccccc12. The lowest BCUT2D eigenvalue weighted by Gasteiger charge is -2.18. The summed E-state index contributed by atoms with van der Waals surface area (Å²) >= 11 is 0. The van der Waals surface area contributed by atoms with Crippen molar-refractivity contribution < 1.29 is 19.2 Å². The summed E-state index contributed by atoms with van der Waals surface area (Å²) in [5.74, 6) is -0.943. The van der Waals surface area contributed by atoms with Gasteiger partial charge in [-0.25, -0.2) is 4.79 Å². The van der Waals surface area contributed by atoms with Gasteiger partial charge in [-0.3, -0.25) is 14.9 Å². The fraction of sp³-hybridized carbons (Fsp3) is 0.182. The highest BCUT2D eigenvalue weighted by atomic mass is 16.6. The lowest BCUT2D eigenvalue weighted by atomic mass is 10.0. The molecule has 7 heteroatoms. The lowest BCUT2D eigenvalue weighted by Crippen LogP contribution is -2.43. The number of carbonyl (C=O) groups is 2. The van der Waals surface area contributed by atoms with E-state index in [1.165, 1.54) is 12.1 Å². The number of rotatable bonds is 7. The second kappa shape index (κ2) is 8.97. The van der Waals surface area contributed by atoms with Crippen LogP contribution in [-0.2, 0) is 16.0 Å². The number of non-ortho nitro benzene ring substituents is 1. The number of ether oxygens (including phenoxy) is 1. The molecule has 0 spiro atoms. The van der Waals surface area contributed by atoms with Gasteiger partial charge in [0.25, 0.3) is 11.6 Å². The minimum atomic E-state index is -0.914. The van der Waals surface area contributed by atoms with Crippen LogP contribution in [0.3, 0.4) is 0 Å². The smallest absolute Gasteiger partial charge is 0.328 e. The third kappa shape index (κ3) is 4.76. The topological polar surface area (TPSA) is 98.5 Å². The Hall–Kier alpha value is -3.74. The predicted octanol–water partition coefficient (Wildman–Crippen LogP) is 3.65. The van der Waals surface area contributed by atoms with Gasteiger partial charge in [-0.05, 0) is 29.3 Å². The molecule has 1 amide bonds. The Balaban J connectivity index is 1.84. The largest absolute Gasteiger partial charge is 0.464 e. The van der Waals surface area contributed by atoms with Crippen LogP contribution >= 0.6 is 0 Å². The van der Waals surface area contributed by atoms with E-state index in [0.29, 0.717) is 11.1 Å². The van der Waals surface area contributed by atoms with Gasteiger partial charge in [0.15, 0.2) is 0 Å². The second-order valence-corrected chi connectivity index (χ2v) is 6.43. The molecule has 0 aromatic heterocycles. The number of benzene rings is 3. The van der Waals surface area contributed by atoms with E-state index < -0.39 is 16.9 Å². The van der Waals surface area contributed by atoms with Crippen molar-refractivity contribution >= 4 is 28.3 Å². The molecule has 0 heterocycles. The van der Waals surface area contributed by atoms with Crippen molar-refractivity contribution in [2.75, 3.05) is 6.61 Å². The first-order valence-electron chi connectivity index (χ1n) is 9.18. The maximum absolute atomic E-state index is 12.9. The van der Waals surface area contributed by atoms with Crippen LogP contribution in [-0.4, -0.2) is 29.4 Å². The Kier molecular flexibility index (Phi) is 6.19. The normalized spacial score (nSPS) is 11.6. The average molecular weight is 392 g/mol. The van der Waals surface area contributed by atoms with Crippen LogP contribution in [0.1, 0.15) is 22.8 Å². The monoisotopic (exact) mass is 392 g/mol. The van der Waals surface area contributed by atoms with Crippen LogP contribution in [0.5, 0.6) is 0 Å². The van der Waals surface area contributed by atoms with E-state index in [9.17, 15) is 19.7 Å². The molecule has 0 aliphatic carbocycles. The number of nitrogens with one attached hydrogen (secondary N) is 1. The molecule has 0 fully saturated rings. The highest BCUT2D eigenvalue weighted by Crippen LogP contribution is 2.19. The quantitative estimate of drug-likeness (QED) is 0.376. The molecule has 3 rings (SSSR count). The van der Waals surface area contributed by atoms with Gasteiger partial charge >= 0.3 is 5.97 Å². The zero-order chi connectivity index (χ0) is 20.8. The number of hydrogen-bond acceptors (Lipinski definition) is 5. The van der Waals surface area contributed by atoms with Crippen LogP contribution in [0.25, 0.3) is 10.8 Å². The summed E-state index contributed by atoms with van der Waals surface area (Å²) in [6.07, 6.45) is 0.160. The van der Waals surface area contributed by atoms with Crippen LogP contribution < -0.4 is 5.32 Å². The maximum atomic E-state index is 12.9. The van der Waals surface area contributed by atoms with E-state index in [2.05, 4.69) is 5.32 Å². The zero-order valence-electron chi connectivity index (χ0n) is 15.8. The fourth-order valence-electron chi connectivity index (χ4n) is 3.08. The first-order valence-corrected chi connectivity index (χ1v) is 9.18. The van der Waals surface area contributed by atoms with Crippen LogP contribution in [0.15, 0.2) is 66.7 Å². The standard InChI is InChI=1S/C22H20N2O5/c1-2-29-22(26)20(14-15-10-12-17(13-11-15)24(27)28)23-21(25)19-9-5-7-16-6-3-4-8-18(16)19/h3-13,20H,2,14H2,1H3,(H,23,25). The maximum Gasteiger partial charge on any atom is 0.328 e. The lowest BCUT2D eigenvalue weighted by molar-refractivity contribution is -0.384. The number of amides is 1. The molecule has 0 radical (unpaired) electrons. The van der Waals surface area contributed by atoms with Gasteiger partial charge in [0.2, 0.25) is 0 Å². The molecule has 1 unspecified atom stereocenters. The highest BCUT2D eigenvalue weighted by Gasteiger charge is 2.24. The number of nitrogens with zero attached hydrogens (tertiary/aromatic N) is 1. The van der Waals surface area contributed by atoms with Crippen molar-refractivity contribution in [3.8, 4) is 0 Å². The zero-order valence-corrected chi connectivity index (χ0v) is 15.8. The predicted molar refractivity (Wildman–Crippen MR) is 109 cm³/mol. The van der Waals surface area contributed by atoms with E-state index in [4.69, 9.17) is 4.74 Å². The van der Waals surface area contributed by atoms with Crippen molar-refractivity contribution in [3.63, 3.8) is 0 Å². The molecule has 148 valence electrons. The van der Waals surface area contributed by atoms with E-state index in [-0.39, 0.29) is 24.6 Å². The molecule has 1 atom stereocenters. The Bertz CT molecular complexity index is 1040. The second-order valence-electron chi connectivity index (χ2n) is 6.43. The molecule has 3 aromatic carbocycles. The third-order valence-corrected chi connectivity index (χ3v) is 4.50. The molecule has 0 saturated carbocycles. The molecule has 0 aliphatic heterocycles. The number of esters is 1. The molecule has 0 saturated heterocycles. The molecular weight excluding hydrogens is 372 g/mol. The Morgan fingerprint density at radius 1 is 1.03 bits per heavy atom. The van der Waals surface area contributed by atoms with E-state index in [1.807, 2.05) is 30.3 Å². The molecule has 0 aliphatic rings. The summed E-state index contributed by atoms with van der Waals surface area (Å²) in [4.78, 5) is 35.6. The minimum Gasteiger partial charge on any atom is -0.464 e. The van der Waals surface area contributed by atoms with Crippen molar-refractivity contribution in [1.82, 2.24) is 5.32 Å². The number of carbonyl (C=O) groups excluding carboxylic acids is 2. The van der Waals surface area contributed by atoms with Crippen LogP contribution in [0.4, 0.5) is 5.69 Å². The van der Waals surface area contributed by atoms with Gasteiger partial charge in [-0.2, -0.15) is 0 Å². The first kappa shape index (κ1) is 20.0. The van der Waals surface area contributed by atoms with Gasteiger partial charge in [-0.1, -0.05) is 48.5 Å². The summed E-state index contributed by atoms with van der Waals surface area (Å²) in [6.45, 7) is 1.87. The summed E-state index contributed by atoms with van der Waals surface area (Å²) in [7, 11) is 0. The fourth-order valence-corrected chi connectivity index (χ4v) is 3.08. The first-order chi connectivity index (χ1) is 14.0. The Morgan fingerprint density at radius 2 is 1.72 bits per heavy atom. The molecule has 0 bridgehead atoms. The number of fused-ring (bicyclic) bond motifs is 1. The van der Waals surface area contributed by atoms with Crippen molar-refractivity contribution in [1.29, 1.82) is 0 Å². The number of hydrogen-bond donors (Lipinski definition) is 1. The van der Waals surface area contributed by atoms with Crippen molar-refractivity contribution in [3.05, 3.63) is 88.0 Å². The Morgan fingerprint density at radius 3 is 2.41 bits per heavy atom. The van der Waals surface area contributed by atoms with Crippen LogP contribution in [0.2, 0.25) is 0 Å². The van der Waals surface area contributed by atoms with Crippen LogP contribution in [0, 0.1) is 10.1 Å². The molecular formula is C22H20N2O5. The summed E-state index contributed by atoms with van der Waals surface area (Å²) in [6, 6.07) is 17.8. The van der Waals surface area contributed by atoms with E-state index >= 15 is 0 Å². The van der Waals surface area contributed by atoms with Gasteiger partial charge < -0.3 is 10.1 Å². The molecule has 1 N–H and O–H groups in total. The van der Waals surface area contributed by atoms with E-state index in [1.54, 1.807) is 31.2 Å². The Labute approximate surface area is 167 Å². The summed E-state index contributed by atoms with van der Waals surface area (Å²) in [5.41, 5.74) is 1.09. The van der Waals surface area contributed by atoms with E-state index in [0.717, 1.165) is 10.8 Å². The molecule has 7 nitrogen and oxygen atoms in total. The van der Waals surface area contributed by atoms with Gasteiger partial charge in [0, 0.05) is 24.1 Å². The van der Waals surface area contributed by atoms with Gasteiger partial charge in [0.1, 0.15) is 6.04 Å². The summed E-state index contributed by atoms with van der Waals surface area (Å²) < 4.78 is 5.10.